The molecule has 0 aliphatic rings. The Balaban J connectivity index is 2.92. The van der Waals surface area contributed by atoms with E-state index in [1.165, 1.54) is 11.0 Å². The van der Waals surface area contributed by atoms with Crippen molar-refractivity contribution < 1.29 is 19.4 Å². The summed E-state index contributed by atoms with van der Waals surface area (Å²) in [6.45, 7) is -0.293. The number of carbonyl (C=O) groups excluding carboxylic acids is 1. The highest BCUT2D eigenvalue weighted by Crippen LogP contribution is 2.13. The molecule has 1 aromatic rings. The monoisotopic (exact) mass is 242 g/mol. The zero-order valence-electron chi connectivity index (χ0n) is 9.27. The number of nitrogens with two attached hydrogens (primary N) is 1. The van der Waals surface area contributed by atoms with Crippen LogP contribution >= 0.6 is 0 Å². The number of nitrogens with zero attached hydrogens (tertiary/aromatic N) is 1. The topological polar surface area (TPSA) is 86.8 Å². The molecule has 4 N–H and O–H groups in total. The molecule has 0 saturated heterocycles. The molecular weight excluding hydrogens is 227 g/mol. The van der Waals surface area contributed by atoms with Crippen molar-refractivity contribution in [3.8, 4) is 0 Å². The van der Waals surface area contributed by atoms with Gasteiger partial charge in [-0.3, -0.25) is 4.79 Å². The van der Waals surface area contributed by atoms with Crippen LogP contribution in [0.4, 0.5) is 10.1 Å². The molecule has 0 fully saturated rings. The Bertz CT molecular complexity index is 372. The molecule has 0 atom stereocenters. The first-order valence-corrected chi connectivity index (χ1v) is 5.15. The third-order valence-corrected chi connectivity index (χ3v) is 2.19. The summed E-state index contributed by atoms with van der Waals surface area (Å²) < 4.78 is 13.1. The number of halogens is 1. The van der Waals surface area contributed by atoms with Gasteiger partial charge in [-0.15, -0.1) is 0 Å². The van der Waals surface area contributed by atoms with Gasteiger partial charge in [0, 0.05) is 24.3 Å². The Hall–Kier alpha value is -1.66. The molecule has 6 heteroatoms. The second-order valence-electron chi connectivity index (χ2n) is 3.51. The molecule has 0 spiro atoms. The number of nitrogen functional groups attached to an aromatic ring is 1. The van der Waals surface area contributed by atoms with Crippen LogP contribution in [0.15, 0.2) is 18.2 Å². The van der Waals surface area contributed by atoms with E-state index in [2.05, 4.69) is 0 Å². The smallest absolute Gasteiger partial charge is 0.254 e. The van der Waals surface area contributed by atoms with E-state index in [1.54, 1.807) is 0 Å². The predicted octanol–water partition coefficient (Wildman–Crippen LogP) is -0.165. The summed E-state index contributed by atoms with van der Waals surface area (Å²) in [5.74, 6) is -1.07. The first-order valence-electron chi connectivity index (χ1n) is 5.15. The Morgan fingerprint density at radius 3 is 2.29 bits per heavy atom. The van der Waals surface area contributed by atoms with Crippen LogP contribution in [-0.2, 0) is 0 Å². The second kappa shape index (κ2) is 6.17. The number of hydrogen-bond donors (Lipinski definition) is 3. The van der Waals surface area contributed by atoms with E-state index in [4.69, 9.17) is 15.9 Å². The molecule has 0 saturated carbocycles. The third kappa shape index (κ3) is 3.69. The Morgan fingerprint density at radius 1 is 1.24 bits per heavy atom. The number of aliphatic hydroxyl groups is 2. The van der Waals surface area contributed by atoms with E-state index in [1.807, 2.05) is 0 Å². The van der Waals surface area contributed by atoms with Gasteiger partial charge in [-0.2, -0.15) is 0 Å². The standard InChI is InChI=1S/C11H15FN2O3/c12-9-5-8(6-10(13)7-9)11(17)14(1-3-15)2-4-16/h5-7,15-16H,1-4,13H2. The van der Waals surface area contributed by atoms with Gasteiger partial charge >= 0.3 is 0 Å². The first-order chi connectivity index (χ1) is 8.08. The summed E-state index contributed by atoms with van der Waals surface area (Å²) in [7, 11) is 0. The van der Waals surface area contributed by atoms with Gasteiger partial charge in [-0.25, -0.2) is 4.39 Å². The van der Waals surface area contributed by atoms with E-state index in [-0.39, 0.29) is 37.6 Å². The van der Waals surface area contributed by atoms with Crippen molar-refractivity contribution in [2.45, 2.75) is 0 Å². The molecule has 5 nitrogen and oxygen atoms in total. The molecular formula is C11H15FN2O3. The minimum absolute atomic E-state index is 0.0792. The van der Waals surface area contributed by atoms with Crippen LogP contribution in [0.3, 0.4) is 0 Å². The van der Waals surface area contributed by atoms with Gasteiger partial charge in [0.15, 0.2) is 0 Å². The maximum absolute atomic E-state index is 13.1. The molecule has 1 rings (SSSR count). The third-order valence-electron chi connectivity index (χ3n) is 2.19. The maximum atomic E-state index is 13.1. The summed E-state index contributed by atoms with van der Waals surface area (Å²) >= 11 is 0. The fourth-order valence-corrected chi connectivity index (χ4v) is 1.47. The van der Waals surface area contributed by atoms with Crippen molar-refractivity contribution in [2.75, 3.05) is 32.0 Å². The van der Waals surface area contributed by atoms with Crippen molar-refractivity contribution in [1.29, 1.82) is 0 Å². The lowest BCUT2D eigenvalue weighted by Gasteiger charge is -2.20. The number of amides is 1. The average molecular weight is 242 g/mol. The fourth-order valence-electron chi connectivity index (χ4n) is 1.47. The Morgan fingerprint density at radius 2 is 1.82 bits per heavy atom. The predicted molar refractivity (Wildman–Crippen MR) is 60.9 cm³/mol. The van der Waals surface area contributed by atoms with E-state index in [9.17, 15) is 9.18 Å². The van der Waals surface area contributed by atoms with Crippen LogP contribution < -0.4 is 5.73 Å². The van der Waals surface area contributed by atoms with Gasteiger partial charge in [0.1, 0.15) is 5.82 Å². The molecule has 0 unspecified atom stereocenters. The molecule has 0 aliphatic heterocycles. The van der Waals surface area contributed by atoms with Crippen LogP contribution in [0.2, 0.25) is 0 Å². The second-order valence-corrected chi connectivity index (χ2v) is 3.51. The van der Waals surface area contributed by atoms with E-state index >= 15 is 0 Å². The highest BCUT2D eigenvalue weighted by atomic mass is 19.1. The summed E-state index contributed by atoms with van der Waals surface area (Å²) in [5, 5.41) is 17.6. The molecule has 0 aliphatic carbocycles. The van der Waals surface area contributed by atoms with Crippen molar-refractivity contribution in [2.24, 2.45) is 0 Å². The summed E-state index contributed by atoms with van der Waals surface area (Å²) in [6, 6.07) is 3.53. The van der Waals surface area contributed by atoms with Crippen LogP contribution in [0.25, 0.3) is 0 Å². The van der Waals surface area contributed by atoms with Gasteiger partial charge in [0.2, 0.25) is 0 Å². The van der Waals surface area contributed by atoms with Crippen molar-refractivity contribution in [3.63, 3.8) is 0 Å². The van der Waals surface area contributed by atoms with E-state index in [0.29, 0.717) is 0 Å². The quantitative estimate of drug-likeness (QED) is 0.626. The fraction of sp³-hybridized carbons (Fsp3) is 0.364. The van der Waals surface area contributed by atoms with Gasteiger partial charge < -0.3 is 20.8 Å². The van der Waals surface area contributed by atoms with Gasteiger partial charge in [0.25, 0.3) is 5.91 Å². The molecule has 1 amide bonds. The van der Waals surface area contributed by atoms with Crippen molar-refractivity contribution in [1.82, 2.24) is 4.90 Å². The number of rotatable bonds is 5. The maximum Gasteiger partial charge on any atom is 0.254 e. The van der Waals surface area contributed by atoms with Gasteiger partial charge in [-0.05, 0) is 18.2 Å². The molecule has 94 valence electrons. The van der Waals surface area contributed by atoms with Crippen molar-refractivity contribution in [3.05, 3.63) is 29.6 Å². The van der Waals surface area contributed by atoms with E-state index in [0.717, 1.165) is 12.1 Å². The minimum atomic E-state index is -0.596. The number of hydrogen-bond acceptors (Lipinski definition) is 4. The molecule has 0 radical (unpaired) electrons. The molecule has 0 aromatic heterocycles. The lowest BCUT2D eigenvalue weighted by atomic mass is 10.1. The largest absolute Gasteiger partial charge is 0.399 e. The number of benzene rings is 1. The zero-order chi connectivity index (χ0) is 12.8. The van der Waals surface area contributed by atoms with Crippen LogP contribution in [0.5, 0.6) is 0 Å². The van der Waals surface area contributed by atoms with E-state index < -0.39 is 11.7 Å². The number of carbonyl (C=O) groups is 1. The van der Waals surface area contributed by atoms with Gasteiger partial charge in [0.05, 0.1) is 13.2 Å². The summed E-state index contributed by atoms with van der Waals surface area (Å²) in [5.41, 5.74) is 5.69. The lowest BCUT2D eigenvalue weighted by Crippen LogP contribution is -2.35. The van der Waals surface area contributed by atoms with Crippen LogP contribution in [0.1, 0.15) is 10.4 Å². The van der Waals surface area contributed by atoms with Crippen LogP contribution in [-0.4, -0.2) is 47.3 Å². The summed E-state index contributed by atoms with van der Waals surface area (Å²) in [6.07, 6.45) is 0. The van der Waals surface area contributed by atoms with Crippen molar-refractivity contribution >= 4 is 11.6 Å². The zero-order valence-corrected chi connectivity index (χ0v) is 9.27. The first kappa shape index (κ1) is 13.4. The van der Waals surface area contributed by atoms with Crippen LogP contribution in [0, 0.1) is 5.82 Å². The SMILES string of the molecule is Nc1cc(F)cc(C(=O)N(CCO)CCO)c1. The van der Waals surface area contributed by atoms with Gasteiger partial charge in [-0.1, -0.05) is 0 Å². The number of aliphatic hydroxyl groups excluding tert-OH is 2. The Kier molecular flexibility index (Phi) is 4.86. The lowest BCUT2D eigenvalue weighted by molar-refractivity contribution is 0.0684. The molecule has 1 aromatic carbocycles. The average Bonchev–Trinajstić information content (AvgIpc) is 2.26. The molecule has 0 bridgehead atoms. The Labute approximate surface area is 98.3 Å². The number of anilines is 1. The normalized spacial score (nSPS) is 10.3. The summed E-state index contributed by atoms with van der Waals surface area (Å²) in [4.78, 5) is 13.1. The highest BCUT2D eigenvalue weighted by Gasteiger charge is 2.15. The molecule has 0 heterocycles. The molecule has 17 heavy (non-hydrogen) atoms. The highest BCUT2D eigenvalue weighted by molar-refractivity contribution is 5.95. The minimum Gasteiger partial charge on any atom is -0.399 e.